The number of hydrogen-bond donors (Lipinski definition) is 2. The second-order valence-corrected chi connectivity index (χ2v) is 6.73. The summed E-state index contributed by atoms with van der Waals surface area (Å²) in [5.41, 5.74) is 1.74. The van der Waals surface area contributed by atoms with Gasteiger partial charge in [0.25, 0.3) is 0 Å². The second kappa shape index (κ2) is 5.98. The maximum absolute atomic E-state index is 10.8. The Morgan fingerprint density at radius 1 is 1.29 bits per heavy atom. The van der Waals surface area contributed by atoms with Crippen LogP contribution in [0.2, 0.25) is 0 Å². The Hall–Kier alpha value is -1.06. The van der Waals surface area contributed by atoms with Gasteiger partial charge in [-0.3, -0.25) is 0 Å². The molecule has 2 unspecified atom stereocenters. The maximum atomic E-state index is 10.8. The molecule has 1 saturated heterocycles. The van der Waals surface area contributed by atoms with E-state index in [0.717, 1.165) is 56.4 Å². The summed E-state index contributed by atoms with van der Waals surface area (Å²) in [6, 6.07) is 8.19. The van der Waals surface area contributed by atoms with Crippen LogP contribution in [-0.4, -0.2) is 28.9 Å². The lowest BCUT2D eigenvalue weighted by atomic mass is 9.71. The minimum absolute atomic E-state index is 0.381. The zero-order chi connectivity index (χ0) is 14.9. The van der Waals surface area contributed by atoms with Gasteiger partial charge in [0.15, 0.2) is 0 Å². The van der Waals surface area contributed by atoms with E-state index in [1.807, 2.05) is 25.1 Å². The lowest BCUT2D eigenvalue weighted by Crippen LogP contribution is -2.53. The normalized spacial score (nSPS) is 30.8. The fraction of sp³-hybridized carbons (Fsp3) is 0.667. The highest BCUT2D eigenvalue weighted by Crippen LogP contribution is 2.42. The van der Waals surface area contributed by atoms with Crippen molar-refractivity contribution >= 4 is 5.69 Å². The van der Waals surface area contributed by atoms with Gasteiger partial charge in [-0.05, 0) is 31.7 Å². The van der Waals surface area contributed by atoms with E-state index >= 15 is 0 Å². The van der Waals surface area contributed by atoms with Crippen molar-refractivity contribution in [3.8, 4) is 0 Å². The van der Waals surface area contributed by atoms with Gasteiger partial charge in [-0.25, -0.2) is 0 Å². The minimum Gasteiger partial charge on any atom is -0.389 e. The Kier molecular flexibility index (Phi) is 4.23. The first kappa shape index (κ1) is 14.9. The van der Waals surface area contributed by atoms with Crippen LogP contribution in [0.25, 0.3) is 0 Å². The molecule has 3 nitrogen and oxygen atoms in total. The summed E-state index contributed by atoms with van der Waals surface area (Å²) in [6.07, 6.45) is 5.69. The molecule has 0 radical (unpaired) electrons. The lowest BCUT2D eigenvalue weighted by molar-refractivity contribution is -0.0613. The number of para-hydroxylation sites is 1. The molecule has 1 heterocycles. The van der Waals surface area contributed by atoms with E-state index in [1.165, 1.54) is 6.42 Å². The number of aliphatic hydroxyl groups is 2. The molecule has 0 amide bonds. The maximum Gasteiger partial charge on any atom is 0.0807 e. The Bertz CT molecular complexity index is 490. The molecule has 2 fully saturated rings. The molecule has 1 aliphatic heterocycles. The molecule has 116 valence electrons. The summed E-state index contributed by atoms with van der Waals surface area (Å²) in [7, 11) is 0. The summed E-state index contributed by atoms with van der Waals surface area (Å²) in [4.78, 5) is 2.37. The van der Waals surface area contributed by atoms with Gasteiger partial charge in [-0.1, -0.05) is 38.0 Å². The zero-order valence-electron chi connectivity index (χ0n) is 13.0. The lowest BCUT2D eigenvalue weighted by Gasteiger charge is -2.48. The number of hydrogen-bond acceptors (Lipinski definition) is 3. The van der Waals surface area contributed by atoms with Crippen molar-refractivity contribution in [2.24, 2.45) is 5.92 Å². The number of benzene rings is 1. The summed E-state index contributed by atoms with van der Waals surface area (Å²) >= 11 is 0. The highest BCUT2D eigenvalue weighted by atomic mass is 16.3. The van der Waals surface area contributed by atoms with Gasteiger partial charge in [-0.15, -0.1) is 0 Å². The zero-order valence-corrected chi connectivity index (χ0v) is 13.0. The van der Waals surface area contributed by atoms with Crippen LogP contribution in [0.3, 0.4) is 0 Å². The van der Waals surface area contributed by atoms with Crippen LogP contribution >= 0.6 is 0 Å². The summed E-state index contributed by atoms with van der Waals surface area (Å²) in [5, 5.41) is 21.1. The van der Waals surface area contributed by atoms with E-state index < -0.39 is 11.7 Å². The van der Waals surface area contributed by atoms with Crippen LogP contribution in [-0.2, 0) is 0 Å². The quantitative estimate of drug-likeness (QED) is 0.897. The Morgan fingerprint density at radius 3 is 2.90 bits per heavy atom. The first-order valence-corrected chi connectivity index (χ1v) is 8.38. The monoisotopic (exact) mass is 289 g/mol. The number of piperidine rings is 1. The molecular weight excluding hydrogens is 262 g/mol. The molecule has 1 saturated carbocycles. The molecule has 3 rings (SSSR count). The van der Waals surface area contributed by atoms with E-state index in [2.05, 4.69) is 11.0 Å². The number of anilines is 1. The van der Waals surface area contributed by atoms with Gasteiger partial charge in [0, 0.05) is 30.3 Å². The molecule has 0 aromatic heterocycles. The van der Waals surface area contributed by atoms with Crippen molar-refractivity contribution in [2.45, 2.75) is 57.2 Å². The van der Waals surface area contributed by atoms with Crippen LogP contribution in [0.15, 0.2) is 24.3 Å². The molecule has 0 spiro atoms. The minimum atomic E-state index is -0.437. The van der Waals surface area contributed by atoms with Crippen LogP contribution in [0.5, 0.6) is 0 Å². The van der Waals surface area contributed by atoms with Gasteiger partial charge in [0.05, 0.1) is 11.7 Å². The topological polar surface area (TPSA) is 43.7 Å². The van der Waals surface area contributed by atoms with Crippen molar-refractivity contribution in [3.05, 3.63) is 29.8 Å². The molecule has 1 aromatic rings. The smallest absolute Gasteiger partial charge is 0.0807 e. The van der Waals surface area contributed by atoms with Gasteiger partial charge in [0.2, 0.25) is 0 Å². The highest BCUT2D eigenvalue weighted by molar-refractivity contribution is 5.55. The fourth-order valence-electron chi connectivity index (χ4n) is 4.07. The summed E-state index contributed by atoms with van der Waals surface area (Å²) < 4.78 is 0. The van der Waals surface area contributed by atoms with Crippen molar-refractivity contribution in [1.82, 2.24) is 0 Å². The van der Waals surface area contributed by atoms with E-state index in [4.69, 9.17) is 0 Å². The predicted molar refractivity (Wildman–Crippen MR) is 85.4 cm³/mol. The van der Waals surface area contributed by atoms with E-state index in [1.54, 1.807) is 0 Å². The Balaban J connectivity index is 1.82. The van der Waals surface area contributed by atoms with Gasteiger partial charge < -0.3 is 15.1 Å². The van der Waals surface area contributed by atoms with Crippen molar-refractivity contribution in [2.75, 3.05) is 18.0 Å². The third-order valence-electron chi connectivity index (χ3n) is 5.45. The molecule has 3 heteroatoms. The largest absolute Gasteiger partial charge is 0.389 e. The van der Waals surface area contributed by atoms with Crippen molar-refractivity contribution in [1.29, 1.82) is 0 Å². The van der Waals surface area contributed by atoms with Gasteiger partial charge in [-0.2, -0.15) is 0 Å². The number of rotatable bonds is 3. The number of nitrogens with zero attached hydrogens (tertiary/aromatic N) is 1. The first-order chi connectivity index (χ1) is 10.1. The van der Waals surface area contributed by atoms with E-state index in [9.17, 15) is 10.2 Å². The van der Waals surface area contributed by atoms with E-state index in [-0.39, 0.29) is 0 Å². The molecule has 21 heavy (non-hydrogen) atoms. The van der Waals surface area contributed by atoms with Crippen LogP contribution in [0.4, 0.5) is 5.69 Å². The molecule has 2 N–H and O–H groups in total. The second-order valence-electron chi connectivity index (χ2n) is 6.73. The first-order valence-electron chi connectivity index (χ1n) is 8.38. The Morgan fingerprint density at radius 2 is 2.10 bits per heavy atom. The predicted octanol–water partition coefficient (Wildman–Crippen LogP) is 3.26. The number of aliphatic hydroxyl groups excluding tert-OH is 1. The molecule has 1 aromatic carbocycles. The molecule has 0 bridgehead atoms. The van der Waals surface area contributed by atoms with Crippen molar-refractivity contribution in [3.63, 3.8) is 0 Å². The third kappa shape index (κ3) is 2.82. The average Bonchev–Trinajstić information content (AvgIpc) is 2.53. The van der Waals surface area contributed by atoms with Crippen LogP contribution < -0.4 is 4.90 Å². The van der Waals surface area contributed by atoms with Crippen molar-refractivity contribution < 1.29 is 10.2 Å². The van der Waals surface area contributed by atoms with Crippen LogP contribution in [0, 0.1) is 5.92 Å². The molecule has 3 atom stereocenters. The van der Waals surface area contributed by atoms with E-state index in [0.29, 0.717) is 5.92 Å². The number of fused-ring (bicyclic) bond motifs is 1. The van der Waals surface area contributed by atoms with Crippen LogP contribution in [0.1, 0.15) is 57.1 Å². The third-order valence-corrected chi connectivity index (χ3v) is 5.45. The fourth-order valence-corrected chi connectivity index (χ4v) is 4.07. The van der Waals surface area contributed by atoms with Gasteiger partial charge >= 0.3 is 0 Å². The molecule has 2 aliphatic rings. The Labute approximate surface area is 127 Å². The highest BCUT2D eigenvalue weighted by Gasteiger charge is 2.43. The SMILES string of the molecule is CC[C@@H](O)c1ccccc1N1CCC2(O)CCCCC2C1. The summed E-state index contributed by atoms with van der Waals surface area (Å²) in [6.45, 7) is 3.82. The standard InChI is InChI=1S/C18H27NO2/c1-2-17(20)15-8-3-4-9-16(15)19-12-11-18(21)10-6-5-7-14(18)13-19/h3-4,8-9,14,17,20-21H,2,5-7,10-13H2,1H3/t14?,17-,18?/m1/s1. The molecule has 1 aliphatic carbocycles. The molecular formula is C18H27NO2. The summed E-state index contributed by atoms with van der Waals surface area (Å²) in [5.74, 6) is 0.381. The van der Waals surface area contributed by atoms with Gasteiger partial charge in [0.1, 0.15) is 0 Å². The average molecular weight is 289 g/mol.